The van der Waals surface area contributed by atoms with E-state index < -0.39 is 12.1 Å². The average molecular weight is 362 g/mol. The lowest BCUT2D eigenvalue weighted by Crippen LogP contribution is -2.36. The van der Waals surface area contributed by atoms with E-state index in [1.54, 1.807) is 35.2 Å². The van der Waals surface area contributed by atoms with Crippen LogP contribution in [0.3, 0.4) is 0 Å². The maximum atomic E-state index is 12.2. The van der Waals surface area contributed by atoms with Gasteiger partial charge in [0.15, 0.2) is 6.10 Å². The van der Waals surface area contributed by atoms with Crippen molar-refractivity contribution in [3.05, 3.63) is 46.4 Å². The molecule has 1 saturated heterocycles. The van der Waals surface area contributed by atoms with Gasteiger partial charge in [-0.05, 0) is 43.5 Å². The summed E-state index contributed by atoms with van der Waals surface area (Å²) in [6.45, 7) is 0.651. The molecule has 0 aliphatic carbocycles. The summed E-state index contributed by atoms with van der Waals surface area (Å²) in [4.78, 5) is 29.3. The molecule has 1 aliphatic heterocycles. The predicted molar refractivity (Wildman–Crippen MR) is 94.2 cm³/mol. The topological polar surface area (TPSA) is 68.3 Å². The summed E-state index contributed by atoms with van der Waals surface area (Å²) in [5.74, 6) is 0.152. The number of amides is 1. The number of nitrogens with zero attached hydrogens (tertiary/aromatic N) is 1. The van der Waals surface area contributed by atoms with Crippen molar-refractivity contribution >= 4 is 35.0 Å². The van der Waals surface area contributed by atoms with E-state index in [-0.39, 0.29) is 5.91 Å². The van der Waals surface area contributed by atoms with Crippen LogP contribution < -0.4 is 5.32 Å². The highest BCUT2D eigenvalue weighted by Gasteiger charge is 2.24. The summed E-state index contributed by atoms with van der Waals surface area (Å²) < 4.78 is 5.36. The molecule has 0 radical (unpaired) electrons. The van der Waals surface area contributed by atoms with Crippen LogP contribution in [0.15, 0.2) is 40.1 Å². The predicted octanol–water partition coefficient (Wildman–Crippen LogP) is 3.26. The van der Waals surface area contributed by atoms with Gasteiger partial charge >= 0.3 is 5.97 Å². The van der Waals surface area contributed by atoms with Crippen LogP contribution in [0.25, 0.3) is 0 Å². The number of carbonyl (C=O) groups excluding carboxylic acids is 2. The summed E-state index contributed by atoms with van der Waals surface area (Å²) in [6.07, 6.45) is 1.70. The number of hydrogen-bond donors (Lipinski definition) is 1. The fourth-order valence-electron chi connectivity index (χ4n) is 2.37. The molecule has 2 aromatic rings. The molecule has 1 N–H and O–H groups in total. The molecule has 1 aliphatic rings. The molecule has 24 heavy (non-hydrogen) atoms. The Balaban J connectivity index is 1.56. The highest BCUT2D eigenvalue weighted by atomic mass is 32.2. The minimum Gasteiger partial charge on any atom is -0.449 e. The molecule has 0 bridgehead atoms. The lowest BCUT2D eigenvalue weighted by atomic mass is 10.1. The molecule has 2 heterocycles. The number of hydrogen-bond acceptors (Lipinski definition) is 6. The van der Waals surface area contributed by atoms with E-state index in [0.29, 0.717) is 18.5 Å². The average Bonchev–Trinajstić information content (AvgIpc) is 3.04. The SMILES string of the molecule is O=C(OC1CCCCNC1=O)c1ccc(SCc2cscn2)cc1. The Bertz CT molecular complexity index is 686. The number of rotatable bonds is 5. The van der Waals surface area contributed by atoms with Gasteiger partial charge in [-0.3, -0.25) is 4.79 Å². The summed E-state index contributed by atoms with van der Waals surface area (Å²) >= 11 is 3.25. The van der Waals surface area contributed by atoms with Crippen LogP contribution >= 0.6 is 23.1 Å². The zero-order valence-electron chi connectivity index (χ0n) is 13.1. The fourth-order valence-corrected chi connectivity index (χ4v) is 3.84. The van der Waals surface area contributed by atoms with Gasteiger partial charge < -0.3 is 10.1 Å². The van der Waals surface area contributed by atoms with Gasteiger partial charge in [0.05, 0.1) is 16.8 Å². The maximum absolute atomic E-state index is 12.2. The molecule has 1 atom stereocenters. The fraction of sp³-hybridized carbons (Fsp3) is 0.353. The van der Waals surface area contributed by atoms with Gasteiger partial charge in [-0.25, -0.2) is 9.78 Å². The Morgan fingerprint density at radius 1 is 1.33 bits per heavy atom. The van der Waals surface area contributed by atoms with Crippen molar-refractivity contribution in [3.63, 3.8) is 0 Å². The quantitative estimate of drug-likeness (QED) is 0.653. The first-order valence-corrected chi connectivity index (χ1v) is 9.74. The third-order valence-electron chi connectivity index (χ3n) is 3.69. The van der Waals surface area contributed by atoms with Crippen molar-refractivity contribution in [3.8, 4) is 0 Å². The van der Waals surface area contributed by atoms with Crippen molar-refractivity contribution in [2.75, 3.05) is 6.54 Å². The van der Waals surface area contributed by atoms with Crippen LogP contribution in [-0.4, -0.2) is 29.5 Å². The highest BCUT2D eigenvalue weighted by Crippen LogP contribution is 2.23. The molecule has 1 aromatic carbocycles. The number of ether oxygens (including phenoxy) is 1. The van der Waals surface area contributed by atoms with Crippen molar-refractivity contribution in [1.82, 2.24) is 10.3 Å². The van der Waals surface area contributed by atoms with Gasteiger partial charge in [0, 0.05) is 22.6 Å². The van der Waals surface area contributed by atoms with E-state index in [9.17, 15) is 9.59 Å². The van der Waals surface area contributed by atoms with Crippen molar-refractivity contribution in [2.24, 2.45) is 0 Å². The Kier molecular flexibility index (Phi) is 5.87. The second kappa shape index (κ2) is 8.30. The first-order chi connectivity index (χ1) is 11.7. The molecule has 1 aromatic heterocycles. The number of aromatic nitrogens is 1. The zero-order valence-corrected chi connectivity index (χ0v) is 14.7. The molecule has 3 rings (SSSR count). The molecule has 7 heteroatoms. The number of esters is 1. The third kappa shape index (κ3) is 4.58. The van der Waals surface area contributed by atoms with Crippen LogP contribution in [0, 0.1) is 0 Å². The summed E-state index contributed by atoms with van der Waals surface area (Å²) in [5, 5.41) is 4.79. The molecule has 5 nitrogen and oxygen atoms in total. The maximum Gasteiger partial charge on any atom is 0.338 e. The van der Waals surface area contributed by atoms with Crippen LogP contribution in [0.1, 0.15) is 35.3 Å². The van der Waals surface area contributed by atoms with E-state index in [0.717, 1.165) is 29.2 Å². The first-order valence-electron chi connectivity index (χ1n) is 7.81. The van der Waals surface area contributed by atoms with Crippen molar-refractivity contribution < 1.29 is 14.3 Å². The van der Waals surface area contributed by atoms with E-state index in [1.807, 2.05) is 23.0 Å². The molecule has 1 fully saturated rings. The van der Waals surface area contributed by atoms with Crippen LogP contribution in [0.4, 0.5) is 0 Å². The largest absolute Gasteiger partial charge is 0.449 e. The Labute approximate surface area is 148 Å². The van der Waals surface area contributed by atoms with Crippen LogP contribution in [0.2, 0.25) is 0 Å². The standard InChI is InChI=1S/C17H18N2O3S2/c20-16-15(3-1-2-8-18-16)22-17(21)12-4-6-14(7-5-12)24-10-13-9-23-11-19-13/h4-7,9,11,15H,1-3,8,10H2,(H,18,20). The Hall–Kier alpha value is -1.86. The summed E-state index contributed by atoms with van der Waals surface area (Å²) in [6, 6.07) is 7.25. The van der Waals surface area contributed by atoms with Gasteiger partial charge in [0.25, 0.3) is 5.91 Å². The van der Waals surface area contributed by atoms with Gasteiger partial charge in [-0.1, -0.05) is 0 Å². The second-order valence-corrected chi connectivity index (χ2v) is 7.24. The van der Waals surface area contributed by atoms with Gasteiger partial charge in [-0.15, -0.1) is 23.1 Å². The Morgan fingerprint density at radius 3 is 2.92 bits per heavy atom. The summed E-state index contributed by atoms with van der Waals surface area (Å²) in [7, 11) is 0. The Morgan fingerprint density at radius 2 is 2.17 bits per heavy atom. The van der Waals surface area contributed by atoms with Crippen LogP contribution in [-0.2, 0) is 15.3 Å². The smallest absolute Gasteiger partial charge is 0.338 e. The van der Waals surface area contributed by atoms with E-state index in [1.165, 1.54) is 0 Å². The summed E-state index contributed by atoms with van der Waals surface area (Å²) in [5.41, 5.74) is 3.33. The molecule has 0 saturated carbocycles. The minimum absolute atomic E-state index is 0.198. The molecular weight excluding hydrogens is 344 g/mol. The normalized spacial score (nSPS) is 17.8. The third-order valence-corrected chi connectivity index (χ3v) is 5.38. The van der Waals surface area contributed by atoms with Gasteiger partial charge in [0.2, 0.25) is 0 Å². The van der Waals surface area contributed by atoms with E-state index >= 15 is 0 Å². The van der Waals surface area contributed by atoms with Crippen LogP contribution in [0.5, 0.6) is 0 Å². The van der Waals surface area contributed by atoms with E-state index in [4.69, 9.17) is 4.74 Å². The number of benzene rings is 1. The number of nitrogens with one attached hydrogen (secondary N) is 1. The number of thiazole rings is 1. The number of thioether (sulfide) groups is 1. The molecule has 0 spiro atoms. The lowest BCUT2D eigenvalue weighted by molar-refractivity contribution is -0.129. The first kappa shape index (κ1) is 17.0. The van der Waals surface area contributed by atoms with Crippen molar-refractivity contribution in [2.45, 2.75) is 36.0 Å². The van der Waals surface area contributed by atoms with Gasteiger partial charge in [-0.2, -0.15) is 0 Å². The highest BCUT2D eigenvalue weighted by molar-refractivity contribution is 7.98. The van der Waals surface area contributed by atoms with E-state index in [2.05, 4.69) is 10.3 Å². The second-order valence-electron chi connectivity index (χ2n) is 5.47. The van der Waals surface area contributed by atoms with Gasteiger partial charge in [0.1, 0.15) is 0 Å². The van der Waals surface area contributed by atoms with Crippen molar-refractivity contribution in [1.29, 1.82) is 0 Å². The lowest BCUT2D eigenvalue weighted by Gasteiger charge is -2.14. The monoisotopic (exact) mass is 362 g/mol. The molecule has 126 valence electrons. The zero-order chi connectivity index (χ0) is 16.8. The molecule has 1 amide bonds. The number of carbonyl (C=O) groups is 2. The molecular formula is C17H18N2O3S2. The minimum atomic E-state index is -0.682. The molecule has 1 unspecified atom stereocenters.